The van der Waals surface area contributed by atoms with E-state index in [1.54, 1.807) is 0 Å². The molecule has 1 unspecified atom stereocenters. The van der Waals surface area contributed by atoms with Crippen LogP contribution in [0.1, 0.15) is 24.8 Å². The Morgan fingerprint density at radius 3 is 3.05 bits per heavy atom. The van der Waals surface area contributed by atoms with Crippen molar-refractivity contribution in [2.75, 3.05) is 26.2 Å². The Hall–Kier alpha value is -1.05. The summed E-state index contributed by atoms with van der Waals surface area (Å²) in [4.78, 5) is 6.86. The number of guanidine groups is 1. The molecule has 0 aliphatic carbocycles. The molecule has 1 aliphatic heterocycles. The summed E-state index contributed by atoms with van der Waals surface area (Å²) < 4.78 is 1.87. The summed E-state index contributed by atoms with van der Waals surface area (Å²) in [5, 5.41) is 7.60. The standard InChI is InChI=1S/C14H23N5.HI/c1-4-7-16-14(15-5-2)19-8-6-12(11-19)13-9-17-18(3)10-13;/h4,9-10,12H,1,5-8,11H2,2-3H3,(H,15,16);1H. The lowest BCUT2D eigenvalue weighted by Gasteiger charge is -2.21. The maximum Gasteiger partial charge on any atom is 0.194 e. The van der Waals surface area contributed by atoms with Gasteiger partial charge in [0.2, 0.25) is 0 Å². The first-order valence-electron chi connectivity index (χ1n) is 6.87. The fourth-order valence-corrected chi connectivity index (χ4v) is 2.45. The summed E-state index contributed by atoms with van der Waals surface area (Å²) in [6, 6.07) is 0. The largest absolute Gasteiger partial charge is 0.357 e. The molecular formula is C14H24IN5. The Labute approximate surface area is 138 Å². The van der Waals surface area contributed by atoms with Crippen LogP contribution in [0.2, 0.25) is 0 Å². The van der Waals surface area contributed by atoms with Gasteiger partial charge in [0.25, 0.3) is 0 Å². The topological polar surface area (TPSA) is 45.5 Å². The van der Waals surface area contributed by atoms with E-state index in [0.717, 1.165) is 32.0 Å². The van der Waals surface area contributed by atoms with Crippen LogP contribution in [0.3, 0.4) is 0 Å². The summed E-state index contributed by atoms with van der Waals surface area (Å²) in [7, 11) is 1.96. The number of aromatic nitrogens is 2. The summed E-state index contributed by atoms with van der Waals surface area (Å²) in [6.07, 6.45) is 7.07. The highest BCUT2D eigenvalue weighted by Gasteiger charge is 2.26. The fraction of sp³-hybridized carbons (Fsp3) is 0.571. The van der Waals surface area contributed by atoms with Crippen LogP contribution < -0.4 is 5.32 Å². The Kier molecular flexibility index (Phi) is 7.04. The monoisotopic (exact) mass is 389 g/mol. The molecule has 6 heteroatoms. The van der Waals surface area contributed by atoms with E-state index >= 15 is 0 Å². The van der Waals surface area contributed by atoms with E-state index in [1.165, 1.54) is 5.56 Å². The SMILES string of the molecule is C=CCN=C(NCC)N1CCC(c2cnn(C)c2)C1.I. The summed E-state index contributed by atoms with van der Waals surface area (Å²) in [5.74, 6) is 1.55. The second-order valence-corrected chi connectivity index (χ2v) is 4.86. The van der Waals surface area contributed by atoms with Crippen LogP contribution in [0.15, 0.2) is 30.0 Å². The maximum absolute atomic E-state index is 4.54. The minimum absolute atomic E-state index is 0. The molecule has 1 aromatic heterocycles. The van der Waals surface area contributed by atoms with Crippen LogP contribution in [0.5, 0.6) is 0 Å². The van der Waals surface area contributed by atoms with Crippen LogP contribution in [0.25, 0.3) is 0 Å². The highest BCUT2D eigenvalue weighted by molar-refractivity contribution is 14.0. The smallest absolute Gasteiger partial charge is 0.194 e. The van der Waals surface area contributed by atoms with Crippen molar-refractivity contribution in [3.8, 4) is 0 Å². The molecule has 2 heterocycles. The summed E-state index contributed by atoms with van der Waals surface area (Å²) in [5.41, 5.74) is 1.32. The van der Waals surface area contributed by atoms with Crippen molar-refractivity contribution < 1.29 is 0 Å². The van der Waals surface area contributed by atoms with Crippen LogP contribution >= 0.6 is 24.0 Å². The molecule has 2 rings (SSSR count). The summed E-state index contributed by atoms with van der Waals surface area (Å²) >= 11 is 0. The molecule has 5 nitrogen and oxygen atoms in total. The van der Waals surface area contributed by atoms with Crippen LogP contribution in [0, 0.1) is 0 Å². The van der Waals surface area contributed by atoms with Crippen LogP contribution in [0.4, 0.5) is 0 Å². The molecule has 0 amide bonds. The second kappa shape index (κ2) is 8.28. The van der Waals surface area contributed by atoms with Crippen LogP contribution in [-0.2, 0) is 7.05 Å². The number of aryl methyl sites for hydroxylation is 1. The predicted octanol–water partition coefficient (Wildman–Crippen LogP) is 1.98. The molecule has 20 heavy (non-hydrogen) atoms. The predicted molar refractivity (Wildman–Crippen MR) is 93.7 cm³/mol. The van der Waals surface area contributed by atoms with E-state index in [0.29, 0.717) is 12.5 Å². The average Bonchev–Trinajstić information content (AvgIpc) is 3.03. The summed E-state index contributed by atoms with van der Waals surface area (Å²) in [6.45, 7) is 9.42. The zero-order valence-corrected chi connectivity index (χ0v) is 14.6. The van der Waals surface area contributed by atoms with Crippen molar-refractivity contribution >= 4 is 29.9 Å². The van der Waals surface area contributed by atoms with E-state index in [-0.39, 0.29) is 24.0 Å². The zero-order chi connectivity index (χ0) is 13.7. The number of rotatable bonds is 4. The van der Waals surface area contributed by atoms with Gasteiger partial charge in [0.15, 0.2) is 5.96 Å². The normalized spacial score (nSPS) is 18.8. The number of nitrogens with one attached hydrogen (secondary N) is 1. The quantitative estimate of drug-likeness (QED) is 0.371. The van der Waals surface area contributed by atoms with Gasteiger partial charge in [-0.15, -0.1) is 30.6 Å². The van der Waals surface area contributed by atoms with E-state index in [1.807, 2.05) is 24.0 Å². The third-order valence-electron chi connectivity index (χ3n) is 3.39. The molecule has 1 aliphatic rings. The van der Waals surface area contributed by atoms with Gasteiger partial charge in [0.1, 0.15) is 0 Å². The van der Waals surface area contributed by atoms with Gasteiger partial charge in [-0.25, -0.2) is 4.99 Å². The molecule has 0 aromatic carbocycles. The van der Waals surface area contributed by atoms with E-state index < -0.39 is 0 Å². The first kappa shape index (κ1) is 17.0. The molecule has 0 spiro atoms. The lowest BCUT2D eigenvalue weighted by Crippen LogP contribution is -2.40. The molecule has 0 saturated carbocycles. The van der Waals surface area contributed by atoms with E-state index in [9.17, 15) is 0 Å². The van der Waals surface area contributed by atoms with E-state index in [4.69, 9.17) is 0 Å². The van der Waals surface area contributed by atoms with Gasteiger partial charge in [-0.05, 0) is 18.9 Å². The first-order valence-corrected chi connectivity index (χ1v) is 6.87. The van der Waals surface area contributed by atoms with Gasteiger partial charge < -0.3 is 10.2 Å². The Balaban J connectivity index is 0.00000200. The number of hydrogen-bond donors (Lipinski definition) is 1. The fourth-order valence-electron chi connectivity index (χ4n) is 2.45. The lowest BCUT2D eigenvalue weighted by molar-refractivity contribution is 0.487. The van der Waals surface area contributed by atoms with E-state index in [2.05, 4.69) is 40.0 Å². The van der Waals surface area contributed by atoms with Crippen molar-refractivity contribution in [3.63, 3.8) is 0 Å². The third kappa shape index (κ3) is 4.22. The number of halogens is 1. The second-order valence-electron chi connectivity index (χ2n) is 4.86. The van der Waals surface area contributed by atoms with Gasteiger partial charge in [0, 0.05) is 38.8 Å². The molecule has 1 N–H and O–H groups in total. The lowest BCUT2D eigenvalue weighted by atomic mass is 10.0. The van der Waals surface area contributed by atoms with Gasteiger partial charge in [-0.2, -0.15) is 5.10 Å². The molecule has 0 radical (unpaired) electrons. The highest BCUT2D eigenvalue weighted by atomic mass is 127. The highest BCUT2D eigenvalue weighted by Crippen LogP contribution is 2.26. The van der Waals surface area contributed by atoms with Gasteiger partial charge in [0.05, 0.1) is 12.7 Å². The minimum Gasteiger partial charge on any atom is -0.357 e. The number of likely N-dealkylation sites (tertiary alicyclic amines) is 1. The Morgan fingerprint density at radius 1 is 1.65 bits per heavy atom. The van der Waals surface area contributed by atoms with Crippen molar-refractivity contribution in [2.45, 2.75) is 19.3 Å². The Bertz CT molecular complexity index is 454. The van der Waals surface area contributed by atoms with Crippen molar-refractivity contribution in [1.82, 2.24) is 20.0 Å². The molecule has 1 atom stereocenters. The maximum atomic E-state index is 4.54. The number of hydrogen-bond acceptors (Lipinski definition) is 2. The van der Waals surface area contributed by atoms with Gasteiger partial charge in [-0.3, -0.25) is 4.68 Å². The number of nitrogens with zero attached hydrogens (tertiary/aromatic N) is 4. The molecule has 1 aromatic rings. The van der Waals surface area contributed by atoms with Crippen molar-refractivity contribution in [2.24, 2.45) is 12.0 Å². The molecule has 0 bridgehead atoms. The number of aliphatic imine (C=N–C) groups is 1. The molecule has 112 valence electrons. The Morgan fingerprint density at radius 2 is 2.45 bits per heavy atom. The van der Waals surface area contributed by atoms with Crippen molar-refractivity contribution in [3.05, 3.63) is 30.6 Å². The molecule has 1 saturated heterocycles. The van der Waals surface area contributed by atoms with Gasteiger partial charge >= 0.3 is 0 Å². The molecule has 1 fully saturated rings. The molecular weight excluding hydrogens is 365 g/mol. The van der Waals surface area contributed by atoms with Gasteiger partial charge in [-0.1, -0.05) is 6.08 Å². The van der Waals surface area contributed by atoms with Crippen molar-refractivity contribution in [1.29, 1.82) is 0 Å². The first-order chi connectivity index (χ1) is 9.24. The zero-order valence-electron chi connectivity index (χ0n) is 12.2. The minimum atomic E-state index is 0. The van der Waals surface area contributed by atoms with Crippen LogP contribution in [-0.4, -0.2) is 46.8 Å². The average molecular weight is 389 g/mol. The third-order valence-corrected chi connectivity index (χ3v) is 3.39.